The highest BCUT2D eigenvalue weighted by molar-refractivity contribution is 6.65. The summed E-state index contributed by atoms with van der Waals surface area (Å²) >= 11 is 0. The second-order valence-corrected chi connectivity index (χ2v) is 6.37. The van der Waals surface area contributed by atoms with Gasteiger partial charge in [-0.05, 0) is 6.42 Å². The van der Waals surface area contributed by atoms with Gasteiger partial charge in [-0.2, -0.15) is 0 Å². The second-order valence-electron chi connectivity index (χ2n) is 3.89. The first-order valence-corrected chi connectivity index (χ1v) is 7.79. The van der Waals surface area contributed by atoms with Crippen LogP contribution >= 0.6 is 0 Å². The summed E-state index contributed by atoms with van der Waals surface area (Å²) in [6.07, 6.45) is 0.210. The maximum Gasteiger partial charge on any atom is 0.705 e. The molecule has 114 valence electrons. The maximum absolute atomic E-state index is 11.1. The third-order valence-corrected chi connectivity index (χ3v) is 4.75. The second kappa shape index (κ2) is 8.30. The number of rotatable bonds is 7. The van der Waals surface area contributed by atoms with E-state index in [9.17, 15) is 19.2 Å². The minimum absolute atomic E-state index is 0.0229. The third kappa shape index (κ3) is 7.51. The molecule has 0 aromatic carbocycles. The van der Waals surface area contributed by atoms with E-state index >= 15 is 0 Å². The van der Waals surface area contributed by atoms with Gasteiger partial charge in [-0.1, -0.05) is 0 Å². The number of hydrogen-bond donors (Lipinski definition) is 0. The normalized spacial score (nSPS) is 10.4. The highest BCUT2D eigenvalue weighted by Crippen LogP contribution is 2.20. The molecule has 0 aliphatic carbocycles. The summed E-state index contributed by atoms with van der Waals surface area (Å²) < 4.78 is 19.3. The predicted molar refractivity (Wildman–Crippen MR) is 67.1 cm³/mol. The minimum Gasteiger partial charge on any atom is -0.469 e. The molecule has 0 atom stereocenters. The summed E-state index contributed by atoms with van der Waals surface area (Å²) in [4.78, 5) is 44.4. The first kappa shape index (κ1) is 18.1. The SMILES string of the molecule is COC(=O)CCC[Si](OC(C)=O)(OC(C)=O)OC(C)=O. The first-order valence-electron chi connectivity index (χ1n) is 5.86. The molecule has 0 radical (unpaired) electrons. The van der Waals surface area contributed by atoms with Crippen molar-refractivity contribution >= 4 is 32.7 Å². The van der Waals surface area contributed by atoms with E-state index in [1.54, 1.807) is 0 Å². The van der Waals surface area contributed by atoms with Gasteiger partial charge in [0.15, 0.2) is 0 Å². The Hall–Kier alpha value is -1.90. The zero-order chi connectivity index (χ0) is 15.8. The standard InChI is InChI=1S/C11H18O8Si/c1-8(12)17-20(18-9(2)13,19-10(3)14)7-5-6-11(15)16-4/h5-7H2,1-4H3. The zero-order valence-electron chi connectivity index (χ0n) is 11.9. The zero-order valence-corrected chi connectivity index (χ0v) is 12.9. The lowest BCUT2D eigenvalue weighted by molar-refractivity contribution is -0.147. The molecule has 0 aliphatic heterocycles. The molecule has 20 heavy (non-hydrogen) atoms. The van der Waals surface area contributed by atoms with Gasteiger partial charge in [-0.25, -0.2) is 0 Å². The summed E-state index contributed by atoms with van der Waals surface area (Å²) in [5.74, 6) is -2.69. The fraction of sp³-hybridized carbons (Fsp3) is 0.636. The van der Waals surface area contributed by atoms with Crippen molar-refractivity contribution < 1.29 is 37.2 Å². The van der Waals surface area contributed by atoms with Gasteiger partial charge < -0.3 is 18.0 Å². The van der Waals surface area contributed by atoms with Gasteiger partial charge >= 0.3 is 14.8 Å². The van der Waals surface area contributed by atoms with Crippen molar-refractivity contribution in [3.05, 3.63) is 0 Å². The number of ether oxygens (including phenoxy) is 1. The van der Waals surface area contributed by atoms with E-state index in [4.69, 9.17) is 13.3 Å². The topological polar surface area (TPSA) is 105 Å². The largest absolute Gasteiger partial charge is 0.705 e. The molecule has 0 aromatic heterocycles. The summed E-state index contributed by atoms with van der Waals surface area (Å²) in [6.45, 7) is 3.32. The van der Waals surface area contributed by atoms with E-state index in [1.165, 1.54) is 7.11 Å². The van der Waals surface area contributed by atoms with E-state index in [1.807, 2.05) is 0 Å². The van der Waals surface area contributed by atoms with Crippen molar-refractivity contribution in [2.75, 3.05) is 7.11 Å². The Balaban J connectivity index is 4.94. The predicted octanol–water partition coefficient (Wildman–Crippen LogP) is 0.568. The molecule has 0 saturated carbocycles. The first-order chi connectivity index (χ1) is 9.20. The molecular weight excluding hydrogens is 288 g/mol. The molecule has 0 rings (SSSR count). The van der Waals surface area contributed by atoms with Crippen molar-refractivity contribution in [3.63, 3.8) is 0 Å². The molecule has 0 N–H and O–H groups in total. The van der Waals surface area contributed by atoms with E-state index < -0.39 is 32.7 Å². The molecule has 0 heterocycles. The average Bonchev–Trinajstić information content (AvgIpc) is 2.25. The average molecular weight is 306 g/mol. The number of hydrogen-bond acceptors (Lipinski definition) is 8. The van der Waals surface area contributed by atoms with Crippen molar-refractivity contribution in [3.8, 4) is 0 Å². The summed E-state index contributed by atoms with van der Waals surface area (Å²) in [7, 11) is -2.59. The van der Waals surface area contributed by atoms with Crippen LogP contribution in [-0.2, 0) is 37.2 Å². The van der Waals surface area contributed by atoms with E-state index in [0.29, 0.717) is 0 Å². The van der Waals surface area contributed by atoms with Crippen LogP contribution in [0, 0.1) is 0 Å². The fourth-order valence-corrected chi connectivity index (χ4v) is 3.78. The van der Waals surface area contributed by atoms with Crippen LogP contribution in [0.2, 0.25) is 6.04 Å². The fourth-order valence-electron chi connectivity index (χ4n) is 1.42. The minimum atomic E-state index is -3.82. The Morgan fingerprint density at radius 1 is 0.850 bits per heavy atom. The van der Waals surface area contributed by atoms with E-state index in [0.717, 1.165) is 20.8 Å². The molecule has 0 aliphatic rings. The van der Waals surface area contributed by atoms with Crippen LogP contribution in [0.5, 0.6) is 0 Å². The van der Waals surface area contributed by atoms with Gasteiger partial charge in [-0.3, -0.25) is 19.2 Å². The third-order valence-electron chi connectivity index (χ3n) is 1.99. The molecule has 0 unspecified atom stereocenters. The van der Waals surface area contributed by atoms with Crippen LogP contribution in [0.15, 0.2) is 0 Å². The van der Waals surface area contributed by atoms with Crippen LogP contribution in [0.1, 0.15) is 33.6 Å². The molecule has 9 heteroatoms. The number of methoxy groups -OCH3 is 1. The highest BCUT2D eigenvalue weighted by Gasteiger charge is 2.51. The molecule has 0 aromatic rings. The molecular formula is C11H18O8Si. The van der Waals surface area contributed by atoms with Crippen molar-refractivity contribution in [1.29, 1.82) is 0 Å². The smallest absolute Gasteiger partial charge is 0.469 e. The van der Waals surface area contributed by atoms with Crippen molar-refractivity contribution in [1.82, 2.24) is 0 Å². The molecule has 8 nitrogen and oxygen atoms in total. The maximum atomic E-state index is 11.1. The summed E-state index contributed by atoms with van der Waals surface area (Å²) in [5.41, 5.74) is 0. The molecule has 0 bridgehead atoms. The van der Waals surface area contributed by atoms with Crippen LogP contribution in [-0.4, -0.2) is 39.8 Å². The van der Waals surface area contributed by atoms with Gasteiger partial charge in [0.2, 0.25) is 0 Å². The Bertz CT molecular complexity index is 351. The van der Waals surface area contributed by atoms with E-state index in [-0.39, 0.29) is 18.9 Å². The molecule has 0 spiro atoms. The lowest BCUT2D eigenvalue weighted by Gasteiger charge is -2.25. The summed E-state index contributed by atoms with van der Waals surface area (Å²) in [5, 5.41) is 0. The Morgan fingerprint density at radius 2 is 1.25 bits per heavy atom. The quantitative estimate of drug-likeness (QED) is 0.496. The van der Waals surface area contributed by atoms with Gasteiger partial charge in [0.25, 0.3) is 17.9 Å². The Morgan fingerprint density at radius 3 is 1.55 bits per heavy atom. The number of carbonyl (C=O) groups excluding carboxylic acids is 4. The molecule has 0 saturated heterocycles. The lowest BCUT2D eigenvalue weighted by atomic mass is 10.3. The van der Waals surface area contributed by atoms with Crippen LogP contribution in [0.25, 0.3) is 0 Å². The van der Waals surface area contributed by atoms with Crippen LogP contribution in [0.3, 0.4) is 0 Å². The highest BCUT2D eigenvalue weighted by atomic mass is 28.4. The van der Waals surface area contributed by atoms with Gasteiger partial charge in [0, 0.05) is 27.2 Å². The van der Waals surface area contributed by atoms with Gasteiger partial charge in [0.1, 0.15) is 0 Å². The van der Waals surface area contributed by atoms with Gasteiger partial charge in [0.05, 0.1) is 13.2 Å². The van der Waals surface area contributed by atoms with Crippen molar-refractivity contribution in [2.24, 2.45) is 0 Å². The monoisotopic (exact) mass is 306 g/mol. The van der Waals surface area contributed by atoms with Crippen LogP contribution < -0.4 is 0 Å². The lowest BCUT2D eigenvalue weighted by Crippen LogP contribution is -2.49. The van der Waals surface area contributed by atoms with Gasteiger partial charge in [-0.15, -0.1) is 0 Å². The summed E-state index contributed by atoms with van der Waals surface area (Å²) in [6, 6.07) is -0.0408. The van der Waals surface area contributed by atoms with Crippen LogP contribution in [0.4, 0.5) is 0 Å². The van der Waals surface area contributed by atoms with Crippen molar-refractivity contribution in [2.45, 2.75) is 39.7 Å². The Labute approximate surface area is 117 Å². The molecule has 0 fully saturated rings. The number of carbonyl (C=O) groups is 4. The molecule has 0 amide bonds. The Kier molecular flexibility index (Phi) is 7.51. The number of esters is 1. The van der Waals surface area contributed by atoms with E-state index in [2.05, 4.69) is 4.74 Å².